The summed E-state index contributed by atoms with van der Waals surface area (Å²) in [5, 5.41) is 5.94. The van der Waals surface area contributed by atoms with Gasteiger partial charge in [-0.25, -0.2) is 9.78 Å². The molecule has 2 aromatic rings. The molecule has 0 spiro atoms. The Bertz CT molecular complexity index is 609. The van der Waals surface area contributed by atoms with Gasteiger partial charge < -0.3 is 5.32 Å². The molecule has 0 atom stereocenters. The molecule has 1 aliphatic carbocycles. The van der Waals surface area contributed by atoms with Crippen molar-refractivity contribution in [2.75, 3.05) is 5.32 Å². The molecule has 5 nitrogen and oxygen atoms in total. The van der Waals surface area contributed by atoms with Gasteiger partial charge in [0.05, 0.1) is 11.7 Å². The van der Waals surface area contributed by atoms with Crippen molar-refractivity contribution in [3.63, 3.8) is 0 Å². The van der Waals surface area contributed by atoms with E-state index in [-0.39, 0.29) is 11.6 Å². The lowest BCUT2D eigenvalue weighted by atomic mass is 9.76. The highest BCUT2D eigenvalue weighted by Gasteiger charge is 2.35. The normalized spacial score (nSPS) is 16.7. The summed E-state index contributed by atoms with van der Waals surface area (Å²) in [7, 11) is 0. The first-order valence-corrected chi connectivity index (χ1v) is 7.69. The van der Waals surface area contributed by atoms with Crippen LogP contribution in [0.1, 0.15) is 37.7 Å². The summed E-state index contributed by atoms with van der Waals surface area (Å²) >= 11 is 0. The molecular formula is C17H20N4O. The van der Waals surface area contributed by atoms with Gasteiger partial charge in [0.2, 0.25) is 0 Å². The van der Waals surface area contributed by atoms with Crippen LogP contribution in [0.5, 0.6) is 0 Å². The smallest absolute Gasteiger partial charge is 0.321 e. The van der Waals surface area contributed by atoms with E-state index >= 15 is 0 Å². The largest absolute Gasteiger partial charge is 0.328 e. The topological polar surface area (TPSA) is 66.9 Å². The Kier molecular flexibility index (Phi) is 4.32. The summed E-state index contributed by atoms with van der Waals surface area (Å²) in [4.78, 5) is 20.4. The van der Waals surface area contributed by atoms with Crippen LogP contribution >= 0.6 is 0 Å². The van der Waals surface area contributed by atoms with Crippen LogP contribution in [0.2, 0.25) is 0 Å². The number of carbonyl (C=O) groups excluding carboxylic acids is 1. The lowest BCUT2D eigenvalue weighted by molar-refractivity contribution is 0.212. The second kappa shape index (κ2) is 6.56. The van der Waals surface area contributed by atoms with Gasteiger partial charge in [0.15, 0.2) is 5.82 Å². The second-order valence-corrected chi connectivity index (χ2v) is 5.68. The highest BCUT2D eigenvalue weighted by Crippen LogP contribution is 2.37. The molecule has 0 saturated heterocycles. The third-order valence-corrected chi connectivity index (χ3v) is 4.19. The molecular weight excluding hydrogens is 276 g/mol. The van der Waals surface area contributed by atoms with Crippen LogP contribution < -0.4 is 10.6 Å². The first-order chi connectivity index (χ1) is 10.8. The average molecular weight is 296 g/mol. The summed E-state index contributed by atoms with van der Waals surface area (Å²) < 4.78 is 0. The van der Waals surface area contributed by atoms with E-state index in [1.807, 2.05) is 18.2 Å². The van der Waals surface area contributed by atoms with Crippen LogP contribution in [0.25, 0.3) is 0 Å². The second-order valence-electron chi connectivity index (χ2n) is 5.68. The maximum absolute atomic E-state index is 12.4. The number of hydrogen-bond acceptors (Lipinski definition) is 3. The average Bonchev–Trinajstić information content (AvgIpc) is 2.57. The Hall–Kier alpha value is -2.43. The van der Waals surface area contributed by atoms with Crippen molar-refractivity contribution in [2.45, 2.75) is 37.6 Å². The van der Waals surface area contributed by atoms with Crippen LogP contribution in [0.15, 0.2) is 48.9 Å². The van der Waals surface area contributed by atoms with E-state index in [1.165, 1.54) is 18.2 Å². The standard InChI is InChI=1S/C17H20N4O/c22-16(20-15-13-18-11-12-19-15)21-17(9-5-2-6-10-17)14-7-3-1-4-8-14/h1,3-4,7-8,11-13H,2,5-6,9-10H2,(H2,19,20,21,22). The fourth-order valence-corrected chi connectivity index (χ4v) is 3.13. The number of anilines is 1. The van der Waals surface area contributed by atoms with Gasteiger partial charge in [0.25, 0.3) is 0 Å². The van der Waals surface area contributed by atoms with Gasteiger partial charge in [-0.1, -0.05) is 49.6 Å². The SMILES string of the molecule is O=C(Nc1cnccn1)NC1(c2ccccc2)CCCCC1. The third-order valence-electron chi connectivity index (χ3n) is 4.19. The molecule has 22 heavy (non-hydrogen) atoms. The molecule has 0 radical (unpaired) electrons. The number of urea groups is 1. The lowest BCUT2D eigenvalue weighted by Crippen LogP contribution is -2.48. The van der Waals surface area contributed by atoms with Crippen molar-refractivity contribution < 1.29 is 4.79 Å². The number of nitrogens with zero attached hydrogens (tertiary/aromatic N) is 2. The van der Waals surface area contributed by atoms with Gasteiger partial charge in [-0.15, -0.1) is 0 Å². The molecule has 1 fully saturated rings. The monoisotopic (exact) mass is 296 g/mol. The highest BCUT2D eigenvalue weighted by atomic mass is 16.2. The molecule has 2 N–H and O–H groups in total. The molecule has 3 rings (SSSR count). The molecule has 0 bridgehead atoms. The zero-order valence-corrected chi connectivity index (χ0v) is 12.5. The number of benzene rings is 1. The van der Waals surface area contributed by atoms with Crippen molar-refractivity contribution in [2.24, 2.45) is 0 Å². The molecule has 0 unspecified atom stereocenters. The van der Waals surface area contributed by atoms with Crippen LogP contribution in [0.4, 0.5) is 10.6 Å². The van der Waals surface area contributed by atoms with Crippen molar-refractivity contribution in [1.29, 1.82) is 0 Å². The summed E-state index contributed by atoms with van der Waals surface area (Å²) in [5.74, 6) is 0.457. The molecule has 0 aliphatic heterocycles. The summed E-state index contributed by atoms with van der Waals surface area (Å²) in [6.45, 7) is 0. The predicted molar refractivity (Wildman–Crippen MR) is 85.4 cm³/mol. The van der Waals surface area contributed by atoms with Crippen molar-refractivity contribution in [3.05, 3.63) is 54.5 Å². The highest BCUT2D eigenvalue weighted by molar-refractivity contribution is 5.88. The predicted octanol–water partition coefficient (Wildman–Crippen LogP) is 3.46. The zero-order chi connectivity index (χ0) is 15.3. The van der Waals surface area contributed by atoms with Gasteiger partial charge in [0.1, 0.15) is 0 Å². The molecule has 1 aliphatic rings. The van der Waals surface area contributed by atoms with Gasteiger partial charge >= 0.3 is 6.03 Å². The molecule has 1 aromatic heterocycles. The van der Waals surface area contributed by atoms with Gasteiger partial charge in [0, 0.05) is 12.4 Å². The fourth-order valence-electron chi connectivity index (χ4n) is 3.13. The summed E-state index contributed by atoms with van der Waals surface area (Å²) in [6.07, 6.45) is 10.1. The van der Waals surface area contributed by atoms with E-state index in [9.17, 15) is 4.79 Å². The van der Waals surface area contributed by atoms with Crippen LogP contribution in [-0.4, -0.2) is 16.0 Å². The van der Waals surface area contributed by atoms with Crippen molar-refractivity contribution >= 4 is 11.8 Å². The number of carbonyl (C=O) groups is 1. The van der Waals surface area contributed by atoms with Crippen LogP contribution in [0, 0.1) is 0 Å². The zero-order valence-electron chi connectivity index (χ0n) is 12.5. The van der Waals surface area contributed by atoms with E-state index in [2.05, 4.69) is 32.7 Å². The Labute approximate surface area is 130 Å². The number of rotatable bonds is 3. The fraction of sp³-hybridized carbons (Fsp3) is 0.353. The minimum atomic E-state index is -0.286. The summed E-state index contributed by atoms with van der Waals surface area (Å²) in [5.41, 5.74) is 0.884. The van der Waals surface area contributed by atoms with E-state index in [1.54, 1.807) is 12.4 Å². The Morgan fingerprint density at radius 3 is 2.50 bits per heavy atom. The number of amides is 2. The number of aromatic nitrogens is 2. The third kappa shape index (κ3) is 3.24. The quantitative estimate of drug-likeness (QED) is 0.911. The molecule has 5 heteroatoms. The van der Waals surface area contributed by atoms with E-state index < -0.39 is 0 Å². The Morgan fingerprint density at radius 2 is 1.82 bits per heavy atom. The first kappa shape index (κ1) is 14.5. The molecule has 1 heterocycles. The van der Waals surface area contributed by atoms with Gasteiger partial charge in [-0.05, 0) is 18.4 Å². The summed E-state index contributed by atoms with van der Waals surface area (Å²) in [6, 6.07) is 10.00. The lowest BCUT2D eigenvalue weighted by Gasteiger charge is -2.38. The van der Waals surface area contributed by atoms with Crippen LogP contribution in [0.3, 0.4) is 0 Å². The van der Waals surface area contributed by atoms with Gasteiger partial charge in [-0.3, -0.25) is 10.3 Å². The maximum atomic E-state index is 12.4. The molecule has 1 saturated carbocycles. The molecule has 114 valence electrons. The molecule has 2 amide bonds. The minimum Gasteiger partial charge on any atom is -0.328 e. The van der Waals surface area contributed by atoms with E-state index in [4.69, 9.17) is 0 Å². The number of hydrogen-bond donors (Lipinski definition) is 2. The minimum absolute atomic E-state index is 0.230. The van der Waals surface area contributed by atoms with E-state index in [0.29, 0.717) is 5.82 Å². The van der Waals surface area contributed by atoms with Crippen molar-refractivity contribution in [1.82, 2.24) is 15.3 Å². The maximum Gasteiger partial charge on any atom is 0.321 e. The van der Waals surface area contributed by atoms with Gasteiger partial charge in [-0.2, -0.15) is 0 Å². The van der Waals surface area contributed by atoms with Crippen LogP contribution in [-0.2, 0) is 5.54 Å². The van der Waals surface area contributed by atoms with E-state index in [0.717, 1.165) is 25.7 Å². The number of nitrogens with one attached hydrogen (secondary N) is 2. The Morgan fingerprint density at radius 1 is 1.05 bits per heavy atom. The Balaban J connectivity index is 1.77. The first-order valence-electron chi connectivity index (χ1n) is 7.69. The molecule has 1 aromatic carbocycles. The van der Waals surface area contributed by atoms with Crippen molar-refractivity contribution in [3.8, 4) is 0 Å².